The van der Waals surface area contributed by atoms with Crippen molar-refractivity contribution >= 4 is 11.3 Å². The van der Waals surface area contributed by atoms with Crippen LogP contribution in [0.15, 0.2) is 17.5 Å². The van der Waals surface area contributed by atoms with Gasteiger partial charge in [-0.1, -0.05) is 12.5 Å². The molecule has 3 atom stereocenters. The smallest absolute Gasteiger partial charge is 0.323 e. The summed E-state index contributed by atoms with van der Waals surface area (Å²) in [6.45, 7) is 0. The topological polar surface area (TPSA) is 26.0 Å². The van der Waals surface area contributed by atoms with Gasteiger partial charge in [-0.25, -0.2) is 0 Å². The van der Waals surface area contributed by atoms with Crippen molar-refractivity contribution in [3.63, 3.8) is 0 Å². The number of rotatable bonds is 2. The number of hydrogen-bond acceptors (Lipinski definition) is 2. The molecule has 0 saturated heterocycles. The minimum atomic E-state index is -4.06. The zero-order valence-electron chi connectivity index (χ0n) is 9.41. The Morgan fingerprint density at radius 3 is 2.71 bits per heavy atom. The maximum Gasteiger partial charge on any atom is 0.391 e. The molecule has 2 N–H and O–H groups in total. The van der Waals surface area contributed by atoms with E-state index < -0.39 is 12.1 Å². The van der Waals surface area contributed by atoms with Crippen molar-refractivity contribution in [3.8, 4) is 0 Å². The lowest BCUT2D eigenvalue weighted by molar-refractivity contribution is -0.186. The monoisotopic (exact) mass is 263 g/mol. The maximum absolute atomic E-state index is 12.7. The molecule has 1 saturated carbocycles. The average Bonchev–Trinajstić information content (AvgIpc) is 2.80. The van der Waals surface area contributed by atoms with Crippen LogP contribution in [0.4, 0.5) is 13.2 Å². The van der Waals surface area contributed by atoms with Gasteiger partial charge in [0.15, 0.2) is 0 Å². The molecule has 1 aliphatic rings. The van der Waals surface area contributed by atoms with Gasteiger partial charge in [0.05, 0.1) is 5.92 Å². The van der Waals surface area contributed by atoms with Gasteiger partial charge in [-0.05, 0) is 36.6 Å². The van der Waals surface area contributed by atoms with Crippen LogP contribution in [0.3, 0.4) is 0 Å². The predicted molar refractivity (Wildman–Crippen MR) is 62.8 cm³/mol. The van der Waals surface area contributed by atoms with Gasteiger partial charge in [-0.2, -0.15) is 13.2 Å². The molecule has 96 valence electrons. The highest BCUT2D eigenvalue weighted by Crippen LogP contribution is 2.43. The molecule has 1 aromatic rings. The van der Waals surface area contributed by atoms with E-state index in [4.69, 9.17) is 5.73 Å². The summed E-state index contributed by atoms with van der Waals surface area (Å²) in [5.41, 5.74) is 6.06. The molecule has 1 aliphatic carbocycles. The molecule has 0 aromatic carbocycles. The molecule has 0 spiro atoms. The second-order valence-electron chi connectivity index (χ2n) is 4.71. The summed E-state index contributed by atoms with van der Waals surface area (Å²) in [5, 5.41) is 1.92. The third kappa shape index (κ3) is 3.01. The quantitative estimate of drug-likeness (QED) is 0.853. The normalized spacial score (nSPS) is 28.0. The van der Waals surface area contributed by atoms with Gasteiger partial charge in [0.2, 0.25) is 0 Å². The summed E-state index contributed by atoms with van der Waals surface area (Å²) in [6.07, 6.45) is -2.17. The van der Waals surface area contributed by atoms with Crippen LogP contribution in [-0.2, 0) is 0 Å². The SMILES string of the molecule is NC(c1cccs1)C1CCCC(C(F)(F)F)C1. The second kappa shape index (κ2) is 4.98. The van der Waals surface area contributed by atoms with Gasteiger partial charge in [-0.3, -0.25) is 0 Å². The van der Waals surface area contributed by atoms with Crippen LogP contribution in [0.25, 0.3) is 0 Å². The number of nitrogens with two attached hydrogens (primary N) is 1. The van der Waals surface area contributed by atoms with Crippen molar-refractivity contribution in [1.82, 2.24) is 0 Å². The molecule has 0 radical (unpaired) electrons. The fourth-order valence-corrected chi connectivity index (χ4v) is 3.39. The van der Waals surface area contributed by atoms with E-state index in [-0.39, 0.29) is 24.8 Å². The molecule has 3 unspecified atom stereocenters. The predicted octanol–water partition coefficient (Wildman–Crippen LogP) is 4.12. The first-order valence-electron chi connectivity index (χ1n) is 5.84. The van der Waals surface area contributed by atoms with Crippen LogP contribution in [0.2, 0.25) is 0 Å². The summed E-state index contributed by atoms with van der Waals surface area (Å²) in [7, 11) is 0. The van der Waals surface area contributed by atoms with E-state index in [1.807, 2.05) is 17.5 Å². The lowest BCUT2D eigenvalue weighted by Gasteiger charge is -2.33. The Balaban J connectivity index is 2.02. The first kappa shape index (κ1) is 12.9. The number of hydrogen-bond donors (Lipinski definition) is 1. The highest BCUT2D eigenvalue weighted by Gasteiger charge is 2.43. The Morgan fingerprint density at radius 1 is 1.35 bits per heavy atom. The fourth-order valence-electron chi connectivity index (χ4n) is 2.56. The van der Waals surface area contributed by atoms with Crippen molar-refractivity contribution in [2.45, 2.75) is 37.9 Å². The van der Waals surface area contributed by atoms with Crippen LogP contribution in [0.1, 0.15) is 36.6 Å². The molecule has 0 aliphatic heterocycles. The minimum Gasteiger partial charge on any atom is -0.323 e. The highest BCUT2D eigenvalue weighted by molar-refractivity contribution is 7.10. The van der Waals surface area contributed by atoms with Gasteiger partial charge < -0.3 is 5.73 Å². The van der Waals surface area contributed by atoms with E-state index in [0.29, 0.717) is 6.42 Å². The van der Waals surface area contributed by atoms with E-state index in [1.165, 1.54) is 11.3 Å². The maximum atomic E-state index is 12.7. The Hall–Kier alpha value is -0.550. The molecule has 2 rings (SSSR count). The number of thiophene rings is 1. The number of halogens is 3. The molecule has 1 fully saturated rings. The number of alkyl halides is 3. The molecule has 1 heterocycles. The Labute approximate surface area is 103 Å². The average molecular weight is 263 g/mol. The largest absolute Gasteiger partial charge is 0.391 e. The molecule has 0 amide bonds. The minimum absolute atomic E-state index is 0.0333. The first-order chi connectivity index (χ1) is 7.98. The van der Waals surface area contributed by atoms with Crippen LogP contribution in [-0.4, -0.2) is 6.18 Å². The Bertz CT molecular complexity index is 347. The molecule has 1 nitrogen and oxygen atoms in total. The van der Waals surface area contributed by atoms with Gasteiger partial charge >= 0.3 is 6.18 Å². The van der Waals surface area contributed by atoms with Crippen LogP contribution >= 0.6 is 11.3 Å². The Kier molecular flexibility index (Phi) is 3.78. The van der Waals surface area contributed by atoms with Crippen molar-refractivity contribution in [1.29, 1.82) is 0 Å². The summed E-state index contributed by atoms with van der Waals surface area (Å²) < 4.78 is 38.0. The van der Waals surface area contributed by atoms with Crippen molar-refractivity contribution in [3.05, 3.63) is 22.4 Å². The fraction of sp³-hybridized carbons (Fsp3) is 0.667. The van der Waals surface area contributed by atoms with E-state index in [1.54, 1.807) is 0 Å². The summed E-state index contributed by atoms with van der Waals surface area (Å²) in [5.74, 6) is -1.19. The molecule has 5 heteroatoms. The standard InChI is InChI=1S/C12H16F3NS/c13-12(14,15)9-4-1-3-8(7-9)11(16)10-5-2-6-17-10/h2,5-6,8-9,11H,1,3-4,7,16H2. The zero-order valence-corrected chi connectivity index (χ0v) is 10.2. The van der Waals surface area contributed by atoms with Gasteiger partial charge in [0, 0.05) is 10.9 Å². The molecular formula is C12H16F3NS. The van der Waals surface area contributed by atoms with Gasteiger partial charge in [0.25, 0.3) is 0 Å². The van der Waals surface area contributed by atoms with Crippen molar-refractivity contribution in [2.24, 2.45) is 17.6 Å². The molecule has 17 heavy (non-hydrogen) atoms. The zero-order chi connectivity index (χ0) is 12.5. The lowest BCUT2D eigenvalue weighted by Crippen LogP contribution is -2.33. The highest BCUT2D eigenvalue weighted by atomic mass is 32.1. The van der Waals surface area contributed by atoms with Gasteiger partial charge in [0.1, 0.15) is 0 Å². The summed E-state index contributed by atoms with van der Waals surface area (Å²) in [4.78, 5) is 0.998. The Morgan fingerprint density at radius 2 is 2.12 bits per heavy atom. The molecular weight excluding hydrogens is 247 g/mol. The van der Waals surface area contributed by atoms with Crippen molar-refractivity contribution in [2.75, 3.05) is 0 Å². The third-order valence-corrected chi connectivity index (χ3v) is 4.53. The van der Waals surface area contributed by atoms with E-state index in [2.05, 4.69) is 0 Å². The lowest BCUT2D eigenvalue weighted by atomic mass is 9.77. The van der Waals surface area contributed by atoms with E-state index in [0.717, 1.165) is 11.3 Å². The molecule has 1 aromatic heterocycles. The molecule has 0 bridgehead atoms. The van der Waals surface area contributed by atoms with Crippen molar-refractivity contribution < 1.29 is 13.2 Å². The second-order valence-corrected chi connectivity index (χ2v) is 5.69. The van der Waals surface area contributed by atoms with E-state index in [9.17, 15) is 13.2 Å². The van der Waals surface area contributed by atoms with Gasteiger partial charge in [-0.15, -0.1) is 11.3 Å². The summed E-state index contributed by atoms with van der Waals surface area (Å²) in [6, 6.07) is 3.57. The van der Waals surface area contributed by atoms with Crippen LogP contribution in [0, 0.1) is 11.8 Å². The first-order valence-corrected chi connectivity index (χ1v) is 6.72. The van der Waals surface area contributed by atoms with Crippen LogP contribution in [0.5, 0.6) is 0 Å². The van der Waals surface area contributed by atoms with Crippen LogP contribution < -0.4 is 5.73 Å². The summed E-state index contributed by atoms with van der Waals surface area (Å²) >= 11 is 1.53. The van der Waals surface area contributed by atoms with E-state index >= 15 is 0 Å². The third-order valence-electron chi connectivity index (χ3n) is 3.56.